The number of amides is 1. The minimum atomic E-state index is -4.66. The highest BCUT2D eigenvalue weighted by atomic mass is 32.2. The van der Waals surface area contributed by atoms with E-state index in [0.29, 0.717) is 49.9 Å². The molecule has 0 spiro atoms. The molecule has 3 rings (SSSR count). The van der Waals surface area contributed by atoms with Gasteiger partial charge in [0.1, 0.15) is 27.0 Å². The number of rotatable bonds is 11. The fourth-order valence-electron chi connectivity index (χ4n) is 3.38. The molecule has 0 aromatic carbocycles. The second-order valence-corrected chi connectivity index (χ2v) is 12.0. The highest BCUT2D eigenvalue weighted by Crippen LogP contribution is 2.35. The topological polar surface area (TPSA) is 130 Å². The van der Waals surface area contributed by atoms with Crippen LogP contribution >= 0.6 is 11.3 Å². The number of halogens is 3. The van der Waals surface area contributed by atoms with E-state index in [0.717, 1.165) is 11.1 Å². The molecule has 1 amide bonds. The molecule has 2 aromatic rings. The Morgan fingerprint density at radius 1 is 1.24 bits per heavy atom. The number of anilines is 4. The molecule has 0 atom stereocenters. The summed E-state index contributed by atoms with van der Waals surface area (Å²) in [5.41, 5.74) is -1.01. The maximum atomic E-state index is 13.5. The predicted molar refractivity (Wildman–Crippen MR) is 135 cm³/mol. The molecule has 3 heterocycles. The molecule has 0 bridgehead atoms. The summed E-state index contributed by atoms with van der Waals surface area (Å²) in [7, 11) is -1.44. The van der Waals surface area contributed by atoms with Crippen molar-refractivity contribution >= 4 is 49.8 Å². The lowest BCUT2D eigenvalue weighted by Gasteiger charge is -2.20. The van der Waals surface area contributed by atoms with Gasteiger partial charge in [0.05, 0.1) is 25.4 Å². The van der Waals surface area contributed by atoms with Crippen LogP contribution in [0.4, 0.5) is 35.9 Å². The van der Waals surface area contributed by atoms with E-state index in [-0.39, 0.29) is 42.9 Å². The van der Waals surface area contributed by atoms with Gasteiger partial charge in [-0.3, -0.25) is 4.79 Å². The normalized spacial score (nSPS) is 15.0. The molecule has 0 aliphatic carbocycles. The smallest absolute Gasteiger partial charge is 0.379 e. The van der Waals surface area contributed by atoms with Gasteiger partial charge in [-0.2, -0.15) is 18.2 Å². The summed E-state index contributed by atoms with van der Waals surface area (Å²) in [6, 6.07) is 0. The van der Waals surface area contributed by atoms with E-state index in [2.05, 4.69) is 25.6 Å². The Balaban J connectivity index is 1.68. The summed E-state index contributed by atoms with van der Waals surface area (Å²) in [6.45, 7) is 3.82. The van der Waals surface area contributed by atoms with Crippen LogP contribution < -0.4 is 15.5 Å². The van der Waals surface area contributed by atoms with Crippen molar-refractivity contribution in [3.63, 3.8) is 0 Å². The summed E-state index contributed by atoms with van der Waals surface area (Å²) < 4.78 is 68.8. The molecule has 1 aliphatic rings. The molecule has 1 fully saturated rings. The molecule has 2 aromatic heterocycles. The van der Waals surface area contributed by atoms with Crippen molar-refractivity contribution in [1.82, 2.24) is 19.9 Å². The Kier molecular flexibility index (Phi) is 9.52. The van der Waals surface area contributed by atoms with E-state index in [1.165, 1.54) is 11.3 Å². The second kappa shape index (κ2) is 12.2. The Bertz CT molecular complexity index is 1190. The molecule has 0 radical (unpaired) electrons. The lowest BCUT2D eigenvalue weighted by atomic mass is 10.3. The molecule has 0 saturated carbocycles. The van der Waals surface area contributed by atoms with Crippen LogP contribution in [0.25, 0.3) is 0 Å². The van der Waals surface area contributed by atoms with Crippen LogP contribution in [-0.4, -0.2) is 92.6 Å². The number of carbonyl (C=O) groups excluding carboxylic acids is 1. The molecule has 1 saturated heterocycles. The fourth-order valence-corrected chi connectivity index (χ4v) is 4.84. The number of ether oxygens (including phenoxy) is 1. The largest absolute Gasteiger partial charge is 0.421 e. The highest BCUT2D eigenvalue weighted by molar-refractivity contribution is 7.90. The third-order valence-electron chi connectivity index (χ3n) is 5.45. The van der Waals surface area contributed by atoms with E-state index < -0.39 is 21.6 Å². The maximum Gasteiger partial charge on any atom is 0.421 e. The van der Waals surface area contributed by atoms with Crippen molar-refractivity contribution < 1.29 is 31.1 Å². The number of hydrogen-bond donors (Lipinski definition) is 2. The molecule has 16 heteroatoms. The van der Waals surface area contributed by atoms with Crippen LogP contribution in [0.2, 0.25) is 0 Å². The minimum absolute atomic E-state index is 0.0398. The lowest BCUT2D eigenvalue weighted by Crippen LogP contribution is -2.33. The zero-order valence-electron chi connectivity index (χ0n) is 20.8. The Morgan fingerprint density at radius 3 is 2.70 bits per heavy atom. The van der Waals surface area contributed by atoms with Crippen LogP contribution in [0.5, 0.6) is 0 Å². The highest BCUT2D eigenvalue weighted by Gasteiger charge is 2.35. The summed E-state index contributed by atoms with van der Waals surface area (Å²) in [5.74, 6) is -0.175. The van der Waals surface area contributed by atoms with Gasteiger partial charge in [-0.1, -0.05) is 11.3 Å². The Hall–Kier alpha value is -2.72. The van der Waals surface area contributed by atoms with Gasteiger partial charge >= 0.3 is 6.18 Å². The monoisotopic (exact) mass is 565 g/mol. The van der Waals surface area contributed by atoms with Gasteiger partial charge in [0.15, 0.2) is 5.13 Å². The molecular formula is C21H30F3N7O4S2. The van der Waals surface area contributed by atoms with Crippen LogP contribution in [-0.2, 0) is 25.5 Å². The first kappa shape index (κ1) is 28.8. The number of thiazole rings is 1. The molecule has 37 heavy (non-hydrogen) atoms. The van der Waals surface area contributed by atoms with Crippen LogP contribution in [0, 0.1) is 6.92 Å². The van der Waals surface area contributed by atoms with Gasteiger partial charge in [0.25, 0.3) is 0 Å². The quantitative estimate of drug-likeness (QED) is 0.392. The van der Waals surface area contributed by atoms with Gasteiger partial charge < -0.3 is 25.2 Å². The summed E-state index contributed by atoms with van der Waals surface area (Å²) in [6.07, 6.45) is -2.10. The molecule has 11 nitrogen and oxygen atoms in total. The second-order valence-electron chi connectivity index (χ2n) is 8.55. The third kappa shape index (κ3) is 8.67. The van der Waals surface area contributed by atoms with Crippen molar-refractivity contribution in [3.05, 3.63) is 16.6 Å². The Labute approximate surface area is 217 Å². The average Bonchev–Trinajstić information content (AvgIpc) is 3.04. The van der Waals surface area contributed by atoms with E-state index in [4.69, 9.17) is 4.74 Å². The molecule has 1 aliphatic heterocycles. The van der Waals surface area contributed by atoms with Crippen LogP contribution in [0.1, 0.15) is 23.3 Å². The number of hydrogen-bond acceptors (Lipinski definition) is 11. The van der Waals surface area contributed by atoms with E-state index >= 15 is 0 Å². The summed E-state index contributed by atoms with van der Waals surface area (Å²) >= 11 is 1.30. The van der Waals surface area contributed by atoms with Crippen molar-refractivity contribution in [3.8, 4) is 0 Å². The van der Waals surface area contributed by atoms with Crippen molar-refractivity contribution in [2.24, 2.45) is 0 Å². The SMILES string of the molecule is Cc1sc(N(C)CCS(C)(=O)=O)nc1Nc1ncc(C(F)(F)F)c(NCCCN2CCOCCC2=O)n1. The number of nitrogens with zero attached hydrogens (tertiary/aromatic N) is 5. The number of alkyl halides is 3. The third-order valence-corrected chi connectivity index (χ3v) is 7.46. The predicted octanol–water partition coefficient (Wildman–Crippen LogP) is 2.54. The summed E-state index contributed by atoms with van der Waals surface area (Å²) in [5, 5.41) is 6.12. The first-order chi connectivity index (χ1) is 17.3. The Morgan fingerprint density at radius 2 is 2.00 bits per heavy atom. The standard InChI is InChI=1S/C21H30F3N7O4S2/c1-14-17(29-20(36-14)30(2)9-12-37(3,33)34)27-19-26-13-15(21(22,23)24)18(28-19)25-6-4-7-31-8-11-35-10-5-16(31)32/h13H,4-12H2,1-3H3,(H2,25,26,27,28). The number of nitrogens with one attached hydrogen (secondary N) is 2. The van der Waals surface area contributed by atoms with Crippen molar-refractivity contribution in [2.45, 2.75) is 25.9 Å². The zero-order valence-corrected chi connectivity index (χ0v) is 22.4. The average molecular weight is 566 g/mol. The van der Waals surface area contributed by atoms with Gasteiger partial charge in [0, 0.05) is 50.6 Å². The number of aromatic nitrogens is 3. The van der Waals surface area contributed by atoms with E-state index in [1.54, 1.807) is 23.8 Å². The van der Waals surface area contributed by atoms with E-state index in [1.807, 2.05) is 0 Å². The van der Waals surface area contributed by atoms with Crippen molar-refractivity contribution in [2.75, 3.05) is 74.0 Å². The lowest BCUT2D eigenvalue weighted by molar-refractivity contribution is -0.137. The summed E-state index contributed by atoms with van der Waals surface area (Å²) in [4.78, 5) is 28.4. The van der Waals surface area contributed by atoms with Gasteiger partial charge in [-0.15, -0.1) is 0 Å². The minimum Gasteiger partial charge on any atom is -0.379 e. The molecule has 2 N–H and O–H groups in total. The number of carbonyl (C=O) groups is 1. The first-order valence-corrected chi connectivity index (χ1v) is 14.4. The maximum absolute atomic E-state index is 13.5. The number of sulfone groups is 1. The molecule has 206 valence electrons. The van der Waals surface area contributed by atoms with E-state index in [9.17, 15) is 26.4 Å². The fraction of sp³-hybridized carbons (Fsp3) is 0.619. The van der Waals surface area contributed by atoms with Gasteiger partial charge in [-0.05, 0) is 13.3 Å². The van der Waals surface area contributed by atoms with Crippen LogP contribution in [0.3, 0.4) is 0 Å². The van der Waals surface area contributed by atoms with Gasteiger partial charge in [0.2, 0.25) is 11.9 Å². The first-order valence-electron chi connectivity index (χ1n) is 11.5. The van der Waals surface area contributed by atoms with Crippen molar-refractivity contribution in [1.29, 1.82) is 0 Å². The molecular weight excluding hydrogens is 535 g/mol. The number of aryl methyl sites for hydroxylation is 1. The zero-order chi connectivity index (χ0) is 27.2. The van der Waals surface area contributed by atoms with Crippen LogP contribution in [0.15, 0.2) is 6.20 Å². The van der Waals surface area contributed by atoms with Gasteiger partial charge in [-0.25, -0.2) is 18.4 Å². The molecule has 0 unspecified atom stereocenters.